The molecule has 5 heteroatoms. The maximum atomic E-state index is 11.5. The van der Waals surface area contributed by atoms with Crippen LogP contribution in [-0.2, 0) is 4.74 Å². The molecule has 0 aromatic carbocycles. The Morgan fingerprint density at radius 1 is 1.53 bits per heavy atom. The quantitative estimate of drug-likeness (QED) is 0.760. The summed E-state index contributed by atoms with van der Waals surface area (Å²) in [6.07, 6.45) is 4.18. The zero-order valence-corrected chi connectivity index (χ0v) is 9.17. The third kappa shape index (κ3) is 3.53. The molecule has 0 unspecified atom stereocenters. The highest BCUT2D eigenvalue weighted by molar-refractivity contribution is 5.85. The number of rotatable bonds is 3. The lowest BCUT2D eigenvalue weighted by Gasteiger charge is -2.16. The van der Waals surface area contributed by atoms with E-state index >= 15 is 0 Å². The molecule has 82 valence electrons. The van der Waals surface area contributed by atoms with Gasteiger partial charge < -0.3 is 4.74 Å². The van der Waals surface area contributed by atoms with E-state index in [2.05, 4.69) is 9.97 Å². The summed E-state index contributed by atoms with van der Waals surface area (Å²) < 4.78 is 5.04. The Morgan fingerprint density at radius 3 is 2.80 bits per heavy atom. The lowest BCUT2D eigenvalue weighted by atomic mass is 10.2. The van der Waals surface area contributed by atoms with Gasteiger partial charge in [0.25, 0.3) is 0 Å². The largest absolute Gasteiger partial charge is 0.449 e. The van der Waals surface area contributed by atoms with E-state index in [9.17, 15) is 4.79 Å². The Morgan fingerprint density at radius 2 is 2.27 bits per heavy atom. The van der Waals surface area contributed by atoms with Crippen LogP contribution in [0.1, 0.15) is 13.8 Å². The molecule has 1 amide bonds. The van der Waals surface area contributed by atoms with Gasteiger partial charge in [-0.05, 0) is 5.92 Å². The molecule has 0 aliphatic rings. The number of amides is 1. The minimum Gasteiger partial charge on any atom is -0.449 e. The summed E-state index contributed by atoms with van der Waals surface area (Å²) in [5.41, 5.74) is 0. The second-order valence-electron chi connectivity index (χ2n) is 3.59. The number of hydrogen-bond donors (Lipinski definition) is 0. The molecule has 0 bridgehead atoms. The lowest BCUT2D eigenvalue weighted by molar-refractivity contribution is 0.141. The number of carbonyl (C=O) groups excluding carboxylic acids is 1. The molecular weight excluding hydrogens is 194 g/mol. The van der Waals surface area contributed by atoms with E-state index in [1.165, 1.54) is 17.3 Å². The summed E-state index contributed by atoms with van der Waals surface area (Å²) in [5, 5.41) is 0. The van der Waals surface area contributed by atoms with Crippen LogP contribution in [0.2, 0.25) is 0 Å². The van der Waals surface area contributed by atoms with Crippen LogP contribution in [0, 0.1) is 5.92 Å². The third-order valence-electron chi connectivity index (χ3n) is 1.71. The average molecular weight is 209 g/mol. The molecule has 0 atom stereocenters. The van der Waals surface area contributed by atoms with Crippen molar-refractivity contribution in [2.75, 3.05) is 18.6 Å². The molecule has 15 heavy (non-hydrogen) atoms. The molecule has 0 aliphatic heterocycles. The fourth-order valence-electron chi connectivity index (χ4n) is 0.893. The Labute approximate surface area is 89.1 Å². The first-order valence-corrected chi connectivity index (χ1v) is 4.77. The van der Waals surface area contributed by atoms with E-state index < -0.39 is 6.09 Å². The molecule has 5 nitrogen and oxygen atoms in total. The second kappa shape index (κ2) is 5.29. The van der Waals surface area contributed by atoms with E-state index in [1.807, 2.05) is 13.8 Å². The summed E-state index contributed by atoms with van der Waals surface area (Å²) in [4.78, 5) is 20.7. The van der Waals surface area contributed by atoms with Gasteiger partial charge in [-0.2, -0.15) is 0 Å². The topological polar surface area (TPSA) is 55.3 Å². The summed E-state index contributed by atoms with van der Waals surface area (Å²) in [5.74, 6) is 0.801. The molecule has 0 saturated heterocycles. The molecule has 1 aromatic heterocycles. The Hall–Kier alpha value is -1.65. The maximum Gasteiger partial charge on any atom is 0.415 e. The normalized spacial score (nSPS) is 10.1. The number of carbonyl (C=O) groups is 1. The fourth-order valence-corrected chi connectivity index (χ4v) is 0.893. The Bertz CT molecular complexity index is 314. The van der Waals surface area contributed by atoms with Gasteiger partial charge in [0.05, 0.1) is 12.8 Å². The summed E-state index contributed by atoms with van der Waals surface area (Å²) in [6.45, 7) is 4.37. The van der Waals surface area contributed by atoms with E-state index in [0.29, 0.717) is 18.3 Å². The Balaban J connectivity index is 2.54. The number of hydrogen-bond acceptors (Lipinski definition) is 4. The van der Waals surface area contributed by atoms with Crippen molar-refractivity contribution >= 4 is 11.9 Å². The van der Waals surface area contributed by atoms with Crippen LogP contribution in [0.25, 0.3) is 0 Å². The van der Waals surface area contributed by atoms with Gasteiger partial charge >= 0.3 is 6.09 Å². The highest BCUT2D eigenvalue weighted by Crippen LogP contribution is 2.07. The first kappa shape index (κ1) is 11.4. The van der Waals surface area contributed by atoms with Crippen LogP contribution >= 0.6 is 0 Å². The minimum absolute atomic E-state index is 0.323. The first-order valence-electron chi connectivity index (χ1n) is 4.77. The van der Waals surface area contributed by atoms with Crippen LogP contribution in [0.5, 0.6) is 0 Å². The van der Waals surface area contributed by atoms with Crippen molar-refractivity contribution in [3.05, 3.63) is 18.6 Å². The van der Waals surface area contributed by atoms with Crippen LogP contribution in [-0.4, -0.2) is 29.7 Å². The summed E-state index contributed by atoms with van der Waals surface area (Å²) in [6, 6.07) is 0. The van der Waals surface area contributed by atoms with Gasteiger partial charge in [-0.1, -0.05) is 13.8 Å². The van der Waals surface area contributed by atoms with Gasteiger partial charge in [-0.3, -0.25) is 9.88 Å². The van der Waals surface area contributed by atoms with E-state index in [1.54, 1.807) is 13.2 Å². The third-order valence-corrected chi connectivity index (χ3v) is 1.71. The molecule has 1 heterocycles. The van der Waals surface area contributed by atoms with Crippen molar-refractivity contribution in [2.24, 2.45) is 5.92 Å². The highest BCUT2D eigenvalue weighted by Gasteiger charge is 2.13. The molecule has 0 fully saturated rings. The predicted octanol–water partition coefficient (Wildman–Crippen LogP) is 1.71. The molecule has 0 saturated carbocycles. The van der Waals surface area contributed by atoms with Crippen molar-refractivity contribution in [3.8, 4) is 0 Å². The zero-order valence-electron chi connectivity index (χ0n) is 9.17. The highest BCUT2D eigenvalue weighted by atomic mass is 16.6. The standard InChI is InChI=1S/C10H15N3O2/c1-8(2)7-15-10(14)13(3)9-6-11-4-5-12-9/h4-6,8H,7H2,1-3H3. The van der Waals surface area contributed by atoms with Gasteiger partial charge in [0.15, 0.2) is 5.82 Å². The monoisotopic (exact) mass is 209 g/mol. The van der Waals surface area contributed by atoms with Crippen molar-refractivity contribution in [2.45, 2.75) is 13.8 Å². The molecular formula is C10H15N3O2. The molecule has 1 aromatic rings. The smallest absolute Gasteiger partial charge is 0.415 e. The van der Waals surface area contributed by atoms with Gasteiger partial charge in [0.1, 0.15) is 0 Å². The number of nitrogens with zero attached hydrogens (tertiary/aromatic N) is 3. The van der Waals surface area contributed by atoms with Crippen molar-refractivity contribution in [1.82, 2.24) is 9.97 Å². The van der Waals surface area contributed by atoms with Crippen molar-refractivity contribution in [3.63, 3.8) is 0 Å². The fraction of sp³-hybridized carbons (Fsp3) is 0.500. The van der Waals surface area contributed by atoms with Crippen LogP contribution in [0.15, 0.2) is 18.6 Å². The van der Waals surface area contributed by atoms with E-state index in [4.69, 9.17) is 4.74 Å². The molecule has 1 rings (SSSR count). The van der Waals surface area contributed by atoms with E-state index in [0.717, 1.165) is 0 Å². The predicted molar refractivity (Wildman–Crippen MR) is 56.6 cm³/mol. The summed E-state index contributed by atoms with van der Waals surface area (Å²) in [7, 11) is 1.60. The number of anilines is 1. The molecule has 0 N–H and O–H groups in total. The lowest BCUT2D eigenvalue weighted by Crippen LogP contribution is -2.29. The summed E-state index contributed by atoms with van der Waals surface area (Å²) >= 11 is 0. The van der Waals surface area contributed by atoms with Gasteiger partial charge in [-0.15, -0.1) is 0 Å². The van der Waals surface area contributed by atoms with Crippen LogP contribution < -0.4 is 4.90 Å². The molecule has 0 aliphatic carbocycles. The van der Waals surface area contributed by atoms with Gasteiger partial charge in [0, 0.05) is 19.4 Å². The SMILES string of the molecule is CC(C)COC(=O)N(C)c1cnccn1. The Kier molecular flexibility index (Phi) is 4.03. The molecule has 0 spiro atoms. The van der Waals surface area contributed by atoms with Crippen LogP contribution in [0.4, 0.5) is 10.6 Å². The zero-order chi connectivity index (χ0) is 11.3. The van der Waals surface area contributed by atoms with Crippen molar-refractivity contribution in [1.29, 1.82) is 0 Å². The minimum atomic E-state index is -0.413. The van der Waals surface area contributed by atoms with E-state index in [-0.39, 0.29) is 0 Å². The first-order chi connectivity index (χ1) is 7.11. The second-order valence-corrected chi connectivity index (χ2v) is 3.59. The van der Waals surface area contributed by atoms with Gasteiger partial charge in [0.2, 0.25) is 0 Å². The number of aromatic nitrogens is 2. The van der Waals surface area contributed by atoms with Crippen molar-refractivity contribution < 1.29 is 9.53 Å². The van der Waals surface area contributed by atoms with Crippen LogP contribution in [0.3, 0.4) is 0 Å². The number of ether oxygens (including phenoxy) is 1. The maximum absolute atomic E-state index is 11.5. The van der Waals surface area contributed by atoms with Gasteiger partial charge in [-0.25, -0.2) is 9.78 Å². The molecule has 0 radical (unpaired) electrons. The average Bonchev–Trinajstić information content (AvgIpc) is 2.26.